The van der Waals surface area contributed by atoms with Crippen molar-refractivity contribution in [2.24, 2.45) is 11.8 Å². The molecule has 0 aromatic heterocycles. The number of aryl methyl sites for hydroxylation is 1. The lowest BCUT2D eigenvalue weighted by atomic mass is 9.76. The van der Waals surface area contributed by atoms with E-state index in [4.69, 9.17) is 0 Å². The maximum atomic E-state index is 14.9. The predicted molar refractivity (Wildman–Crippen MR) is 115 cm³/mol. The molecule has 0 heterocycles. The normalized spacial score (nSPS) is 20.3. The van der Waals surface area contributed by atoms with Crippen LogP contribution in [0.15, 0.2) is 54.6 Å². The van der Waals surface area contributed by atoms with Crippen molar-refractivity contribution < 1.29 is 13.2 Å². The second-order valence-electron chi connectivity index (χ2n) is 8.46. The van der Waals surface area contributed by atoms with Crippen LogP contribution in [-0.2, 0) is 6.42 Å². The number of rotatable bonds is 7. The van der Waals surface area contributed by atoms with E-state index in [-0.39, 0.29) is 12.2 Å². The standard InChI is InChI=1S/C26H31F3/c1-3-4-5-6-20-10-15-24(16-11-20)26(28,29)18-21-8-13-22(14-9-21)23-12-7-19(2)25(27)17-23/h3-4,7-9,12-14,17,20,24H,5-6,10-11,15-16,18H2,1-2H3/b4-3+. The fourth-order valence-electron chi connectivity index (χ4n) is 4.38. The van der Waals surface area contributed by atoms with Crippen LogP contribution in [0.25, 0.3) is 11.1 Å². The Labute approximate surface area is 172 Å². The highest BCUT2D eigenvalue weighted by Gasteiger charge is 2.41. The van der Waals surface area contributed by atoms with Gasteiger partial charge in [0.05, 0.1) is 0 Å². The Morgan fingerprint density at radius 2 is 1.62 bits per heavy atom. The van der Waals surface area contributed by atoms with Gasteiger partial charge in [0.1, 0.15) is 5.82 Å². The summed E-state index contributed by atoms with van der Waals surface area (Å²) in [6.07, 6.45) is 9.23. The summed E-state index contributed by atoms with van der Waals surface area (Å²) in [6, 6.07) is 12.2. The van der Waals surface area contributed by atoms with Crippen LogP contribution in [0.3, 0.4) is 0 Å². The van der Waals surface area contributed by atoms with Gasteiger partial charge in [-0.1, -0.05) is 48.6 Å². The van der Waals surface area contributed by atoms with E-state index in [2.05, 4.69) is 12.2 Å². The molecule has 1 aliphatic carbocycles. The zero-order valence-corrected chi connectivity index (χ0v) is 17.4. The van der Waals surface area contributed by atoms with Crippen molar-refractivity contribution in [2.75, 3.05) is 0 Å². The summed E-state index contributed by atoms with van der Waals surface area (Å²) in [5.74, 6) is -2.86. The number of hydrogen-bond donors (Lipinski definition) is 0. The van der Waals surface area contributed by atoms with Crippen LogP contribution in [0, 0.1) is 24.6 Å². The Bertz CT molecular complexity index is 812. The Hall–Kier alpha value is -2.03. The lowest BCUT2D eigenvalue weighted by molar-refractivity contribution is -0.0745. The molecule has 1 fully saturated rings. The molecule has 29 heavy (non-hydrogen) atoms. The summed E-state index contributed by atoms with van der Waals surface area (Å²) < 4.78 is 43.6. The summed E-state index contributed by atoms with van der Waals surface area (Å²) in [5.41, 5.74) is 2.85. The topological polar surface area (TPSA) is 0 Å². The molecule has 0 atom stereocenters. The third kappa shape index (κ3) is 5.74. The van der Waals surface area contributed by atoms with Gasteiger partial charge >= 0.3 is 0 Å². The average Bonchev–Trinajstić information content (AvgIpc) is 2.71. The van der Waals surface area contributed by atoms with E-state index in [9.17, 15) is 13.2 Å². The van der Waals surface area contributed by atoms with Gasteiger partial charge in [-0.15, -0.1) is 0 Å². The first-order chi connectivity index (χ1) is 13.9. The molecule has 0 bridgehead atoms. The summed E-state index contributed by atoms with van der Waals surface area (Å²) >= 11 is 0. The molecular formula is C26H31F3. The second kappa shape index (κ2) is 9.65. The van der Waals surface area contributed by atoms with Crippen LogP contribution in [0.5, 0.6) is 0 Å². The summed E-state index contributed by atoms with van der Waals surface area (Å²) in [5, 5.41) is 0. The van der Waals surface area contributed by atoms with E-state index >= 15 is 0 Å². The van der Waals surface area contributed by atoms with Gasteiger partial charge in [-0.25, -0.2) is 13.2 Å². The van der Waals surface area contributed by atoms with Crippen LogP contribution < -0.4 is 0 Å². The van der Waals surface area contributed by atoms with Crippen LogP contribution >= 0.6 is 0 Å². The highest BCUT2D eigenvalue weighted by atomic mass is 19.3. The van der Waals surface area contributed by atoms with E-state index in [1.54, 1.807) is 25.1 Å². The van der Waals surface area contributed by atoms with Crippen molar-refractivity contribution in [3.05, 3.63) is 71.6 Å². The van der Waals surface area contributed by atoms with Gasteiger partial charge < -0.3 is 0 Å². The minimum absolute atomic E-state index is 0.219. The number of halogens is 3. The van der Waals surface area contributed by atoms with Gasteiger partial charge in [0, 0.05) is 12.3 Å². The maximum absolute atomic E-state index is 14.9. The number of allylic oxidation sites excluding steroid dienone is 2. The SMILES string of the molecule is C/C=C/CCC1CCC(C(F)(F)Cc2ccc(-c3ccc(C)c(F)c3)cc2)CC1. The monoisotopic (exact) mass is 400 g/mol. The molecule has 1 aliphatic rings. The van der Waals surface area contributed by atoms with Gasteiger partial charge in [0.15, 0.2) is 0 Å². The zero-order valence-electron chi connectivity index (χ0n) is 17.4. The molecule has 156 valence electrons. The minimum atomic E-state index is -2.67. The van der Waals surface area contributed by atoms with E-state index in [0.717, 1.165) is 36.8 Å². The van der Waals surface area contributed by atoms with Gasteiger partial charge in [0.25, 0.3) is 5.92 Å². The molecule has 0 spiro atoms. The molecule has 3 heteroatoms. The molecule has 0 radical (unpaired) electrons. The first-order valence-corrected chi connectivity index (χ1v) is 10.7. The highest BCUT2D eigenvalue weighted by molar-refractivity contribution is 5.64. The van der Waals surface area contributed by atoms with Crippen molar-refractivity contribution in [1.82, 2.24) is 0 Å². The Morgan fingerprint density at radius 3 is 2.24 bits per heavy atom. The quantitative estimate of drug-likeness (QED) is 0.411. The first-order valence-electron chi connectivity index (χ1n) is 10.7. The van der Waals surface area contributed by atoms with E-state index in [1.165, 1.54) is 6.07 Å². The molecule has 3 rings (SSSR count). The summed E-state index contributed by atoms with van der Waals surface area (Å²) in [6.45, 7) is 3.74. The second-order valence-corrected chi connectivity index (χ2v) is 8.46. The minimum Gasteiger partial charge on any atom is -0.207 e. The van der Waals surface area contributed by atoms with E-state index < -0.39 is 11.8 Å². The number of benzene rings is 2. The largest absolute Gasteiger partial charge is 0.254 e. The molecule has 0 saturated heterocycles. The fraction of sp³-hybridized carbons (Fsp3) is 0.462. The third-order valence-electron chi connectivity index (χ3n) is 6.32. The first kappa shape index (κ1) is 21.7. The molecule has 2 aromatic carbocycles. The molecular weight excluding hydrogens is 369 g/mol. The van der Waals surface area contributed by atoms with Crippen LogP contribution in [0.1, 0.15) is 56.6 Å². The predicted octanol–water partition coefficient (Wildman–Crippen LogP) is 8.14. The molecule has 0 N–H and O–H groups in total. The van der Waals surface area contributed by atoms with Crippen molar-refractivity contribution >= 4 is 0 Å². The molecule has 0 unspecified atom stereocenters. The Balaban J connectivity index is 1.58. The number of alkyl halides is 2. The van der Waals surface area contributed by atoms with E-state index in [1.807, 2.05) is 25.1 Å². The van der Waals surface area contributed by atoms with Crippen molar-refractivity contribution in [1.29, 1.82) is 0 Å². The lowest BCUT2D eigenvalue weighted by Gasteiger charge is -2.33. The molecule has 2 aromatic rings. The van der Waals surface area contributed by atoms with Gasteiger partial charge in [0.2, 0.25) is 0 Å². The van der Waals surface area contributed by atoms with Crippen LogP contribution in [0.2, 0.25) is 0 Å². The maximum Gasteiger partial charge on any atom is 0.254 e. The van der Waals surface area contributed by atoms with Gasteiger partial charge in [-0.05, 0) is 86.6 Å². The lowest BCUT2D eigenvalue weighted by Crippen LogP contribution is -2.34. The van der Waals surface area contributed by atoms with Gasteiger partial charge in [-0.2, -0.15) is 0 Å². The van der Waals surface area contributed by atoms with E-state index in [0.29, 0.717) is 29.9 Å². The highest BCUT2D eigenvalue weighted by Crippen LogP contribution is 2.41. The molecule has 0 nitrogen and oxygen atoms in total. The molecule has 1 saturated carbocycles. The van der Waals surface area contributed by atoms with Crippen LogP contribution in [0.4, 0.5) is 13.2 Å². The number of hydrogen-bond acceptors (Lipinski definition) is 0. The average molecular weight is 401 g/mol. The van der Waals surface area contributed by atoms with Crippen molar-refractivity contribution in [3.63, 3.8) is 0 Å². The molecule has 0 aliphatic heterocycles. The van der Waals surface area contributed by atoms with Crippen molar-refractivity contribution in [2.45, 2.75) is 64.7 Å². The smallest absolute Gasteiger partial charge is 0.207 e. The zero-order chi connectivity index (χ0) is 20.9. The third-order valence-corrected chi connectivity index (χ3v) is 6.32. The Kier molecular flexibility index (Phi) is 7.21. The summed E-state index contributed by atoms with van der Waals surface area (Å²) in [4.78, 5) is 0. The van der Waals surface area contributed by atoms with Crippen LogP contribution in [-0.4, -0.2) is 5.92 Å². The summed E-state index contributed by atoms with van der Waals surface area (Å²) in [7, 11) is 0. The fourth-order valence-corrected chi connectivity index (χ4v) is 4.38. The van der Waals surface area contributed by atoms with Crippen molar-refractivity contribution in [3.8, 4) is 11.1 Å². The Morgan fingerprint density at radius 1 is 0.966 bits per heavy atom. The molecule has 0 amide bonds. The van der Waals surface area contributed by atoms with Gasteiger partial charge in [-0.3, -0.25) is 0 Å².